The zero-order chi connectivity index (χ0) is 15.7. The number of rotatable bonds is 0. The lowest BCUT2D eigenvalue weighted by Gasteiger charge is -1.98. The van der Waals surface area contributed by atoms with E-state index in [0.717, 1.165) is 0 Å². The minimum absolute atomic E-state index is 1.21. The molecule has 0 unspecified atom stereocenters. The molecule has 6 rings (SSSR count). The summed E-state index contributed by atoms with van der Waals surface area (Å²) in [6, 6.07) is 26.5. The average molecular weight is 323 g/mol. The second-order valence-electron chi connectivity index (χ2n) is 6.36. The van der Waals surface area contributed by atoms with Crippen LogP contribution in [0.25, 0.3) is 52.8 Å². The normalized spacial score (nSPS) is 12.2. The van der Waals surface area contributed by atoms with E-state index in [2.05, 4.69) is 77.8 Å². The van der Waals surface area contributed by atoms with Gasteiger partial charge in [0.15, 0.2) is 0 Å². The highest BCUT2D eigenvalue weighted by atomic mass is 32.1. The van der Waals surface area contributed by atoms with Gasteiger partial charge in [-0.1, -0.05) is 42.5 Å². The van der Waals surface area contributed by atoms with Crippen molar-refractivity contribution in [1.82, 2.24) is 4.98 Å². The first-order valence-corrected chi connectivity index (χ1v) is 8.94. The van der Waals surface area contributed by atoms with Crippen molar-refractivity contribution in [1.29, 1.82) is 0 Å². The Bertz CT molecular complexity index is 1400. The number of fused-ring (bicyclic) bond motifs is 7. The number of nitrogens with one attached hydrogen (secondary N) is 1. The molecule has 2 aromatic heterocycles. The first kappa shape index (κ1) is 12.6. The number of aromatic nitrogens is 1. The summed E-state index contributed by atoms with van der Waals surface area (Å²) >= 11 is 1.88. The summed E-state index contributed by atoms with van der Waals surface area (Å²) < 4.78 is 2.72. The molecule has 0 atom stereocenters. The summed E-state index contributed by atoms with van der Waals surface area (Å²) in [6.45, 7) is 0. The highest BCUT2D eigenvalue weighted by Gasteiger charge is 2.10. The van der Waals surface area contributed by atoms with Crippen molar-refractivity contribution in [3.8, 4) is 0 Å². The van der Waals surface area contributed by atoms with Crippen molar-refractivity contribution in [2.75, 3.05) is 0 Å². The molecule has 0 saturated carbocycles. The SMILES string of the molecule is c1ccc2cc3c(cc2c1)[nH]c1cc2c(cc13)sc1ccccc12. The van der Waals surface area contributed by atoms with Gasteiger partial charge in [0.2, 0.25) is 0 Å². The van der Waals surface area contributed by atoms with Crippen molar-refractivity contribution >= 4 is 64.1 Å². The molecule has 0 saturated heterocycles. The highest BCUT2D eigenvalue weighted by molar-refractivity contribution is 7.25. The lowest BCUT2D eigenvalue weighted by atomic mass is 10.1. The van der Waals surface area contributed by atoms with Crippen molar-refractivity contribution < 1.29 is 0 Å². The van der Waals surface area contributed by atoms with E-state index in [1.165, 1.54) is 52.8 Å². The van der Waals surface area contributed by atoms with E-state index in [1.54, 1.807) is 0 Å². The maximum absolute atomic E-state index is 3.62. The number of aromatic amines is 1. The van der Waals surface area contributed by atoms with E-state index in [4.69, 9.17) is 0 Å². The Balaban J connectivity index is 1.81. The van der Waals surface area contributed by atoms with E-state index in [-0.39, 0.29) is 0 Å². The van der Waals surface area contributed by atoms with Gasteiger partial charge in [-0.25, -0.2) is 0 Å². The van der Waals surface area contributed by atoms with Gasteiger partial charge in [-0.15, -0.1) is 11.3 Å². The molecule has 0 spiro atoms. The van der Waals surface area contributed by atoms with Gasteiger partial charge in [-0.05, 0) is 41.1 Å². The number of benzene rings is 4. The van der Waals surface area contributed by atoms with Crippen LogP contribution in [0.5, 0.6) is 0 Å². The minimum atomic E-state index is 1.21. The fraction of sp³-hybridized carbons (Fsp3) is 0. The van der Waals surface area contributed by atoms with Gasteiger partial charge in [0.25, 0.3) is 0 Å². The van der Waals surface area contributed by atoms with Gasteiger partial charge in [0, 0.05) is 42.0 Å². The topological polar surface area (TPSA) is 15.8 Å². The zero-order valence-electron chi connectivity index (χ0n) is 12.8. The third-order valence-corrected chi connectivity index (χ3v) is 6.10. The van der Waals surface area contributed by atoms with Gasteiger partial charge in [0.05, 0.1) is 0 Å². The van der Waals surface area contributed by atoms with E-state index in [1.807, 2.05) is 11.3 Å². The summed E-state index contributed by atoms with van der Waals surface area (Å²) in [5, 5.41) is 7.89. The molecule has 1 N–H and O–H groups in total. The highest BCUT2D eigenvalue weighted by Crippen LogP contribution is 2.38. The molecule has 0 fully saturated rings. The maximum atomic E-state index is 3.62. The zero-order valence-corrected chi connectivity index (χ0v) is 13.7. The van der Waals surface area contributed by atoms with E-state index in [0.29, 0.717) is 0 Å². The van der Waals surface area contributed by atoms with Gasteiger partial charge < -0.3 is 4.98 Å². The quantitative estimate of drug-likeness (QED) is 0.315. The molecule has 24 heavy (non-hydrogen) atoms. The largest absolute Gasteiger partial charge is 0.354 e. The van der Waals surface area contributed by atoms with Gasteiger partial charge in [-0.3, -0.25) is 0 Å². The standard InChI is InChI=1S/C22H13NS/c1-2-6-14-10-19-16(9-13(14)5-1)17-12-22-18(11-20(17)23-19)15-7-3-4-8-21(15)24-22/h1-12,23H. The molecule has 0 aliphatic heterocycles. The number of thiophene rings is 1. The summed E-state index contributed by atoms with van der Waals surface area (Å²) in [7, 11) is 0. The first-order chi connectivity index (χ1) is 11.9. The molecule has 2 heterocycles. The van der Waals surface area contributed by atoms with Crippen molar-refractivity contribution in [3.63, 3.8) is 0 Å². The Morgan fingerprint density at radius 3 is 2.17 bits per heavy atom. The number of hydrogen-bond donors (Lipinski definition) is 1. The monoisotopic (exact) mass is 323 g/mol. The summed E-state index contributed by atoms with van der Waals surface area (Å²) in [5.74, 6) is 0. The van der Waals surface area contributed by atoms with Gasteiger partial charge in [0.1, 0.15) is 0 Å². The fourth-order valence-electron chi connectivity index (χ4n) is 3.81. The van der Waals surface area contributed by atoms with Crippen LogP contribution in [0.2, 0.25) is 0 Å². The molecule has 0 aliphatic rings. The minimum Gasteiger partial charge on any atom is -0.354 e. The summed E-state index contributed by atoms with van der Waals surface area (Å²) in [6.07, 6.45) is 0. The van der Waals surface area contributed by atoms with Crippen LogP contribution in [0.3, 0.4) is 0 Å². The summed E-state index contributed by atoms with van der Waals surface area (Å²) in [4.78, 5) is 3.62. The van der Waals surface area contributed by atoms with Crippen LogP contribution in [0.15, 0.2) is 72.8 Å². The molecule has 112 valence electrons. The molecule has 4 aromatic carbocycles. The molecular formula is C22H13NS. The van der Waals surface area contributed by atoms with Crippen LogP contribution < -0.4 is 0 Å². The molecule has 0 aliphatic carbocycles. The van der Waals surface area contributed by atoms with E-state index >= 15 is 0 Å². The Morgan fingerprint density at radius 1 is 0.542 bits per heavy atom. The Labute approximate surface area is 142 Å². The Kier molecular flexibility index (Phi) is 2.29. The second kappa shape index (κ2) is 4.37. The fourth-order valence-corrected chi connectivity index (χ4v) is 4.94. The molecule has 0 radical (unpaired) electrons. The van der Waals surface area contributed by atoms with Crippen LogP contribution in [0.4, 0.5) is 0 Å². The smallest absolute Gasteiger partial charge is 0.0472 e. The molecule has 0 amide bonds. The van der Waals surface area contributed by atoms with Crippen molar-refractivity contribution in [2.24, 2.45) is 0 Å². The maximum Gasteiger partial charge on any atom is 0.0472 e. The Morgan fingerprint density at radius 2 is 1.25 bits per heavy atom. The number of H-pyrrole nitrogens is 1. The predicted molar refractivity (Wildman–Crippen MR) is 106 cm³/mol. The average Bonchev–Trinajstić information content (AvgIpc) is 3.15. The van der Waals surface area contributed by atoms with Crippen LogP contribution in [-0.2, 0) is 0 Å². The van der Waals surface area contributed by atoms with Gasteiger partial charge >= 0.3 is 0 Å². The third-order valence-electron chi connectivity index (χ3n) is 4.96. The van der Waals surface area contributed by atoms with Crippen LogP contribution >= 0.6 is 11.3 Å². The van der Waals surface area contributed by atoms with Crippen LogP contribution in [0.1, 0.15) is 0 Å². The molecule has 6 aromatic rings. The van der Waals surface area contributed by atoms with Crippen molar-refractivity contribution in [2.45, 2.75) is 0 Å². The lowest BCUT2D eigenvalue weighted by Crippen LogP contribution is -1.72. The molecule has 0 bridgehead atoms. The van der Waals surface area contributed by atoms with E-state index in [9.17, 15) is 0 Å². The molecule has 1 nitrogen and oxygen atoms in total. The third kappa shape index (κ3) is 1.58. The van der Waals surface area contributed by atoms with E-state index < -0.39 is 0 Å². The summed E-state index contributed by atoms with van der Waals surface area (Å²) in [5.41, 5.74) is 2.43. The van der Waals surface area contributed by atoms with Crippen LogP contribution in [0, 0.1) is 0 Å². The molecular weight excluding hydrogens is 310 g/mol. The van der Waals surface area contributed by atoms with Crippen molar-refractivity contribution in [3.05, 3.63) is 72.8 Å². The predicted octanol–water partition coefficient (Wildman–Crippen LogP) is 6.84. The van der Waals surface area contributed by atoms with Gasteiger partial charge in [-0.2, -0.15) is 0 Å². The Hall–Kier alpha value is -2.84. The number of hydrogen-bond acceptors (Lipinski definition) is 1. The van der Waals surface area contributed by atoms with Crippen LogP contribution in [-0.4, -0.2) is 4.98 Å². The second-order valence-corrected chi connectivity index (χ2v) is 7.45. The molecule has 2 heteroatoms. The first-order valence-electron chi connectivity index (χ1n) is 8.12. The lowest BCUT2D eigenvalue weighted by molar-refractivity contribution is 1.56.